The van der Waals surface area contributed by atoms with Crippen molar-refractivity contribution in [2.45, 2.75) is 37.3 Å². The standard InChI is InChI=1S/C22H24O6S/c1-27-19-10-17(24)16(22-21(26)18(25)9-14(11-23)28-22)8-13(19)7-15-6-12-4-2-3-5-20(12)29-15/h2-6,8,10,14,18,21-26H,7,9,11H2,1H3/t14-,18-,21-,22-/m0/s1. The zero-order valence-corrected chi connectivity index (χ0v) is 16.8. The first kappa shape index (κ1) is 20.1. The van der Waals surface area contributed by atoms with E-state index in [0.717, 1.165) is 10.4 Å². The number of fused-ring (bicyclic) bond motifs is 1. The molecule has 0 aliphatic carbocycles. The number of thiophene rings is 1. The number of hydrogen-bond acceptors (Lipinski definition) is 7. The average molecular weight is 416 g/mol. The number of benzene rings is 2. The second kappa shape index (κ2) is 8.30. The van der Waals surface area contributed by atoms with Gasteiger partial charge in [-0.1, -0.05) is 18.2 Å². The summed E-state index contributed by atoms with van der Waals surface area (Å²) in [6.07, 6.45) is -3.06. The maximum atomic E-state index is 10.5. The van der Waals surface area contributed by atoms with Crippen molar-refractivity contribution in [3.63, 3.8) is 0 Å². The Hall–Kier alpha value is -2.16. The summed E-state index contributed by atoms with van der Waals surface area (Å²) in [4.78, 5) is 1.14. The topological polar surface area (TPSA) is 99.4 Å². The number of aliphatic hydroxyl groups excluding tert-OH is 3. The van der Waals surface area contributed by atoms with Crippen LogP contribution in [0.3, 0.4) is 0 Å². The molecule has 1 aliphatic rings. The first-order valence-electron chi connectivity index (χ1n) is 9.49. The third-order valence-corrected chi connectivity index (χ3v) is 6.45. The lowest BCUT2D eigenvalue weighted by Gasteiger charge is -2.37. The summed E-state index contributed by atoms with van der Waals surface area (Å²) in [7, 11) is 1.54. The van der Waals surface area contributed by atoms with Crippen LogP contribution in [0, 0.1) is 0 Å². The van der Waals surface area contributed by atoms with Crippen LogP contribution < -0.4 is 4.74 Å². The van der Waals surface area contributed by atoms with E-state index in [4.69, 9.17) is 9.47 Å². The fraction of sp³-hybridized carbons (Fsp3) is 0.364. The van der Waals surface area contributed by atoms with Crippen molar-refractivity contribution in [3.8, 4) is 11.5 Å². The molecule has 2 aromatic carbocycles. The summed E-state index contributed by atoms with van der Waals surface area (Å²) < 4.78 is 12.4. The highest BCUT2D eigenvalue weighted by Gasteiger charge is 2.39. The fourth-order valence-electron chi connectivity index (χ4n) is 3.83. The lowest BCUT2D eigenvalue weighted by molar-refractivity contribution is -0.180. The number of aromatic hydroxyl groups is 1. The van der Waals surface area contributed by atoms with Gasteiger partial charge in [0.1, 0.15) is 23.7 Å². The largest absolute Gasteiger partial charge is 0.507 e. The molecule has 0 radical (unpaired) electrons. The van der Waals surface area contributed by atoms with Crippen molar-refractivity contribution in [1.29, 1.82) is 0 Å². The van der Waals surface area contributed by atoms with Gasteiger partial charge in [-0.3, -0.25) is 0 Å². The predicted octanol–water partition coefficient (Wildman–Crippen LogP) is 2.75. The second-order valence-electron chi connectivity index (χ2n) is 7.31. The highest BCUT2D eigenvalue weighted by atomic mass is 32.1. The van der Waals surface area contributed by atoms with Crippen LogP contribution in [0.15, 0.2) is 42.5 Å². The molecule has 0 amide bonds. The van der Waals surface area contributed by atoms with Gasteiger partial charge in [-0.2, -0.15) is 0 Å². The van der Waals surface area contributed by atoms with Crippen molar-refractivity contribution >= 4 is 21.4 Å². The van der Waals surface area contributed by atoms with Crippen LogP contribution in [0.1, 0.15) is 28.5 Å². The molecule has 1 aliphatic heterocycles. The van der Waals surface area contributed by atoms with Gasteiger partial charge in [-0.15, -0.1) is 11.3 Å². The summed E-state index contributed by atoms with van der Waals surface area (Å²) in [5, 5.41) is 41.7. The Balaban J connectivity index is 1.70. The molecule has 0 bridgehead atoms. The van der Waals surface area contributed by atoms with Crippen LogP contribution in [-0.4, -0.2) is 52.5 Å². The first-order valence-corrected chi connectivity index (χ1v) is 10.3. The lowest BCUT2D eigenvalue weighted by Crippen LogP contribution is -2.44. The molecular formula is C22H24O6S. The number of hydrogen-bond donors (Lipinski definition) is 4. The number of phenols is 1. The number of ether oxygens (including phenoxy) is 2. The summed E-state index contributed by atoms with van der Waals surface area (Å²) in [6.45, 7) is -0.272. The predicted molar refractivity (Wildman–Crippen MR) is 111 cm³/mol. The van der Waals surface area contributed by atoms with E-state index in [0.29, 0.717) is 17.7 Å². The van der Waals surface area contributed by atoms with Crippen LogP contribution >= 0.6 is 11.3 Å². The minimum Gasteiger partial charge on any atom is -0.507 e. The monoisotopic (exact) mass is 416 g/mol. The van der Waals surface area contributed by atoms with Crippen molar-refractivity contribution in [1.82, 2.24) is 0 Å². The average Bonchev–Trinajstić information content (AvgIpc) is 3.13. The molecule has 0 saturated carbocycles. The molecule has 4 rings (SSSR count). The second-order valence-corrected chi connectivity index (χ2v) is 8.47. The summed E-state index contributed by atoms with van der Waals surface area (Å²) >= 11 is 1.69. The fourth-order valence-corrected chi connectivity index (χ4v) is 4.92. The van der Waals surface area contributed by atoms with Crippen molar-refractivity contribution in [2.24, 2.45) is 0 Å². The van der Waals surface area contributed by atoms with E-state index in [-0.39, 0.29) is 18.8 Å². The van der Waals surface area contributed by atoms with Crippen LogP contribution in [0.5, 0.6) is 11.5 Å². The Kier molecular flexibility index (Phi) is 5.76. The Bertz CT molecular complexity index is 967. The molecular weight excluding hydrogens is 392 g/mol. The molecule has 4 N–H and O–H groups in total. The third kappa shape index (κ3) is 3.97. The SMILES string of the molecule is COc1cc(O)c([C@@H]2O[C@H](CO)C[C@H](O)[C@@H]2O)cc1Cc1cc2ccccc2s1. The molecule has 0 unspecified atom stereocenters. The van der Waals surface area contributed by atoms with Gasteiger partial charge in [-0.05, 0) is 29.1 Å². The van der Waals surface area contributed by atoms with Gasteiger partial charge in [0.15, 0.2) is 0 Å². The zero-order valence-electron chi connectivity index (χ0n) is 16.0. The first-order chi connectivity index (χ1) is 14.0. The van der Waals surface area contributed by atoms with Gasteiger partial charge in [0.25, 0.3) is 0 Å². The smallest absolute Gasteiger partial charge is 0.126 e. The Morgan fingerprint density at radius 3 is 2.69 bits per heavy atom. The molecule has 6 nitrogen and oxygen atoms in total. The van der Waals surface area contributed by atoms with Gasteiger partial charge in [0.05, 0.1) is 25.9 Å². The molecule has 2 heterocycles. The summed E-state index contributed by atoms with van der Waals surface area (Å²) in [5.41, 5.74) is 1.20. The van der Waals surface area contributed by atoms with Crippen LogP contribution in [0.25, 0.3) is 10.1 Å². The van der Waals surface area contributed by atoms with Crippen molar-refractivity contribution < 1.29 is 29.9 Å². The lowest BCUT2D eigenvalue weighted by atomic mass is 9.91. The molecule has 29 heavy (non-hydrogen) atoms. The molecule has 0 spiro atoms. The van der Waals surface area contributed by atoms with E-state index in [2.05, 4.69) is 18.2 Å². The molecule has 1 fully saturated rings. The van der Waals surface area contributed by atoms with Crippen molar-refractivity contribution in [2.75, 3.05) is 13.7 Å². The van der Waals surface area contributed by atoms with E-state index in [1.165, 1.54) is 16.2 Å². The number of methoxy groups -OCH3 is 1. The third-order valence-electron chi connectivity index (χ3n) is 5.33. The Morgan fingerprint density at radius 2 is 1.97 bits per heavy atom. The van der Waals surface area contributed by atoms with Gasteiger partial charge in [0, 0.05) is 34.0 Å². The molecule has 1 aromatic heterocycles. The van der Waals surface area contributed by atoms with Gasteiger partial charge in [-0.25, -0.2) is 0 Å². The molecule has 4 atom stereocenters. The van der Waals surface area contributed by atoms with Crippen LogP contribution in [0.2, 0.25) is 0 Å². The van der Waals surface area contributed by atoms with E-state index < -0.39 is 24.4 Å². The van der Waals surface area contributed by atoms with Crippen LogP contribution in [0.4, 0.5) is 0 Å². The number of aliphatic hydroxyl groups is 3. The maximum absolute atomic E-state index is 10.5. The van der Waals surface area contributed by atoms with E-state index in [9.17, 15) is 20.4 Å². The van der Waals surface area contributed by atoms with Gasteiger partial charge < -0.3 is 29.9 Å². The molecule has 3 aromatic rings. The quantitative estimate of drug-likeness (QED) is 0.511. The zero-order chi connectivity index (χ0) is 20.5. The van der Waals surface area contributed by atoms with Crippen molar-refractivity contribution in [3.05, 3.63) is 58.5 Å². The highest BCUT2D eigenvalue weighted by molar-refractivity contribution is 7.19. The normalized spacial score (nSPS) is 24.7. The summed E-state index contributed by atoms with van der Waals surface area (Å²) in [5.74, 6) is 0.449. The van der Waals surface area contributed by atoms with Gasteiger partial charge in [0.2, 0.25) is 0 Å². The molecule has 1 saturated heterocycles. The Morgan fingerprint density at radius 1 is 1.17 bits per heavy atom. The maximum Gasteiger partial charge on any atom is 0.126 e. The minimum absolute atomic E-state index is 0.0863. The minimum atomic E-state index is -1.20. The number of rotatable bonds is 5. The summed E-state index contributed by atoms with van der Waals surface area (Å²) in [6, 6.07) is 13.5. The Labute approximate surface area is 172 Å². The van der Waals surface area contributed by atoms with E-state index in [1.807, 2.05) is 12.1 Å². The molecule has 7 heteroatoms. The van der Waals surface area contributed by atoms with E-state index in [1.54, 1.807) is 24.5 Å². The molecule has 154 valence electrons. The van der Waals surface area contributed by atoms with Gasteiger partial charge >= 0.3 is 0 Å². The number of phenolic OH excluding ortho intramolecular Hbond substituents is 1. The highest BCUT2D eigenvalue weighted by Crippen LogP contribution is 2.40. The van der Waals surface area contributed by atoms with Crippen LogP contribution in [-0.2, 0) is 11.2 Å². The van der Waals surface area contributed by atoms with E-state index >= 15 is 0 Å².